The van der Waals surface area contributed by atoms with Crippen molar-refractivity contribution in [1.82, 2.24) is 5.32 Å². The number of nitrogens with one attached hydrogen (secondary N) is 1. The molecule has 34 heavy (non-hydrogen) atoms. The summed E-state index contributed by atoms with van der Waals surface area (Å²) in [6.45, 7) is 3.78. The number of hydrogen-bond donors (Lipinski definition) is 1. The SMILES string of the molecule is CCC[C@H](NC(=O)OCc1ccccc1)C(=O)Oc1ccc2c3c(c(=O)oc2c1C)CCCC3. The molecule has 3 aromatic rings. The summed E-state index contributed by atoms with van der Waals surface area (Å²) in [5, 5.41) is 3.49. The van der Waals surface area contributed by atoms with Gasteiger partial charge in [-0.3, -0.25) is 0 Å². The molecule has 0 saturated carbocycles. The Balaban J connectivity index is 1.49. The average Bonchev–Trinajstić information content (AvgIpc) is 2.85. The van der Waals surface area contributed by atoms with Crippen molar-refractivity contribution in [2.75, 3.05) is 0 Å². The van der Waals surface area contributed by atoms with E-state index >= 15 is 0 Å². The second-order valence-corrected chi connectivity index (χ2v) is 8.59. The third-order valence-corrected chi connectivity index (χ3v) is 6.17. The minimum atomic E-state index is -0.862. The monoisotopic (exact) mass is 463 g/mol. The van der Waals surface area contributed by atoms with E-state index in [4.69, 9.17) is 13.9 Å². The summed E-state index contributed by atoms with van der Waals surface area (Å²) in [6, 6.07) is 12.0. The van der Waals surface area contributed by atoms with Gasteiger partial charge in [-0.15, -0.1) is 0 Å². The zero-order valence-corrected chi connectivity index (χ0v) is 19.5. The molecule has 1 N–H and O–H groups in total. The lowest BCUT2D eigenvalue weighted by Crippen LogP contribution is -2.43. The number of hydrogen-bond acceptors (Lipinski definition) is 6. The number of amides is 1. The van der Waals surface area contributed by atoms with Crippen LogP contribution in [0.4, 0.5) is 4.79 Å². The molecule has 7 heteroatoms. The highest BCUT2D eigenvalue weighted by Crippen LogP contribution is 2.32. The van der Waals surface area contributed by atoms with E-state index in [1.807, 2.05) is 43.3 Å². The molecule has 1 aromatic heterocycles. The van der Waals surface area contributed by atoms with Gasteiger partial charge in [0.1, 0.15) is 24.0 Å². The van der Waals surface area contributed by atoms with Crippen LogP contribution in [0, 0.1) is 6.92 Å². The number of esters is 1. The molecule has 0 aliphatic heterocycles. The first-order valence-electron chi connectivity index (χ1n) is 11.7. The number of fused-ring (bicyclic) bond motifs is 3. The zero-order chi connectivity index (χ0) is 24.1. The summed E-state index contributed by atoms with van der Waals surface area (Å²) in [4.78, 5) is 37.7. The van der Waals surface area contributed by atoms with Gasteiger partial charge in [-0.25, -0.2) is 14.4 Å². The summed E-state index contributed by atoms with van der Waals surface area (Å²) >= 11 is 0. The number of ether oxygens (including phenoxy) is 2. The Bertz CT molecular complexity index is 1250. The van der Waals surface area contributed by atoms with Gasteiger partial charge in [0.25, 0.3) is 0 Å². The third kappa shape index (κ3) is 5.14. The van der Waals surface area contributed by atoms with Crippen LogP contribution < -0.4 is 15.7 Å². The van der Waals surface area contributed by atoms with Crippen LogP contribution in [-0.4, -0.2) is 18.1 Å². The molecule has 0 spiro atoms. The predicted molar refractivity (Wildman–Crippen MR) is 128 cm³/mol. The molecule has 0 fully saturated rings. The molecular formula is C27H29NO6. The van der Waals surface area contributed by atoms with Crippen molar-refractivity contribution in [3.05, 3.63) is 75.1 Å². The molecule has 178 valence electrons. The van der Waals surface area contributed by atoms with Crippen molar-refractivity contribution < 1.29 is 23.5 Å². The van der Waals surface area contributed by atoms with E-state index < -0.39 is 18.1 Å². The molecule has 4 rings (SSSR count). The quantitative estimate of drug-likeness (QED) is 0.302. The van der Waals surface area contributed by atoms with Gasteiger partial charge < -0.3 is 19.2 Å². The zero-order valence-electron chi connectivity index (χ0n) is 19.5. The number of carbonyl (C=O) groups excluding carboxylic acids is 2. The molecule has 1 aliphatic carbocycles. The lowest BCUT2D eigenvalue weighted by Gasteiger charge is -2.19. The van der Waals surface area contributed by atoms with Crippen LogP contribution in [-0.2, 0) is 29.0 Å². The molecule has 1 atom stereocenters. The molecule has 1 aliphatic rings. The average molecular weight is 464 g/mol. The largest absolute Gasteiger partial charge is 0.445 e. The Labute approximate surface area is 198 Å². The normalized spacial score (nSPS) is 13.7. The summed E-state index contributed by atoms with van der Waals surface area (Å²) in [7, 11) is 0. The first kappa shape index (κ1) is 23.5. The molecule has 7 nitrogen and oxygen atoms in total. The summed E-state index contributed by atoms with van der Waals surface area (Å²) < 4.78 is 16.5. The van der Waals surface area contributed by atoms with Crippen molar-refractivity contribution >= 4 is 23.0 Å². The molecule has 0 bridgehead atoms. The Hall–Kier alpha value is -3.61. The molecule has 1 amide bonds. The van der Waals surface area contributed by atoms with E-state index in [0.717, 1.165) is 47.8 Å². The molecule has 0 radical (unpaired) electrons. The van der Waals surface area contributed by atoms with Crippen molar-refractivity contribution in [3.63, 3.8) is 0 Å². The van der Waals surface area contributed by atoms with Crippen molar-refractivity contribution in [2.24, 2.45) is 0 Å². The lowest BCUT2D eigenvalue weighted by atomic mass is 9.90. The molecule has 1 heterocycles. The fraction of sp³-hybridized carbons (Fsp3) is 0.370. The van der Waals surface area contributed by atoms with Crippen LogP contribution in [0.1, 0.15) is 54.9 Å². The van der Waals surface area contributed by atoms with Crippen LogP contribution in [0.25, 0.3) is 11.0 Å². The van der Waals surface area contributed by atoms with E-state index in [-0.39, 0.29) is 12.2 Å². The van der Waals surface area contributed by atoms with E-state index in [1.54, 1.807) is 13.0 Å². The van der Waals surface area contributed by atoms with Gasteiger partial charge in [0.05, 0.1) is 0 Å². The molecule has 0 saturated heterocycles. The highest BCUT2D eigenvalue weighted by Gasteiger charge is 2.25. The number of aryl methyl sites for hydroxylation is 2. The summed E-state index contributed by atoms with van der Waals surface area (Å²) in [6.07, 6.45) is 3.96. The van der Waals surface area contributed by atoms with Crippen LogP contribution in [0.5, 0.6) is 5.75 Å². The highest BCUT2D eigenvalue weighted by atomic mass is 16.6. The molecule has 0 unspecified atom stereocenters. The van der Waals surface area contributed by atoms with Gasteiger partial charge >= 0.3 is 17.7 Å². The van der Waals surface area contributed by atoms with Crippen LogP contribution in [0.3, 0.4) is 0 Å². The maximum Gasteiger partial charge on any atom is 0.408 e. The van der Waals surface area contributed by atoms with Gasteiger partial charge in [-0.2, -0.15) is 0 Å². The maximum atomic E-state index is 12.9. The van der Waals surface area contributed by atoms with Gasteiger partial charge in [0, 0.05) is 16.5 Å². The fourth-order valence-electron chi connectivity index (χ4n) is 4.36. The maximum absolute atomic E-state index is 12.9. The van der Waals surface area contributed by atoms with E-state index in [9.17, 15) is 14.4 Å². The van der Waals surface area contributed by atoms with Crippen molar-refractivity contribution in [2.45, 2.75) is 65.0 Å². The van der Waals surface area contributed by atoms with Crippen molar-refractivity contribution in [1.29, 1.82) is 0 Å². The van der Waals surface area contributed by atoms with E-state index in [1.165, 1.54) is 0 Å². The standard InChI is InChI=1S/C27H29NO6/c1-3-9-22(28-27(31)32-16-18-10-5-4-6-11-18)26(30)33-23-15-14-20-19-12-7-8-13-21(19)25(29)34-24(20)17(23)2/h4-6,10-11,14-15,22H,3,7-9,12-13,16H2,1-2H3,(H,28,31)/t22-/m0/s1. The van der Waals surface area contributed by atoms with Gasteiger partial charge in [0.15, 0.2) is 0 Å². The van der Waals surface area contributed by atoms with Gasteiger partial charge in [-0.05, 0) is 62.3 Å². The molecular weight excluding hydrogens is 434 g/mol. The lowest BCUT2D eigenvalue weighted by molar-refractivity contribution is -0.136. The fourth-order valence-corrected chi connectivity index (χ4v) is 4.36. The second kappa shape index (κ2) is 10.5. The van der Waals surface area contributed by atoms with Gasteiger partial charge in [-0.1, -0.05) is 43.7 Å². The molecule has 2 aromatic carbocycles. The highest BCUT2D eigenvalue weighted by molar-refractivity contribution is 5.88. The minimum absolute atomic E-state index is 0.105. The first-order valence-corrected chi connectivity index (χ1v) is 11.7. The minimum Gasteiger partial charge on any atom is -0.445 e. The smallest absolute Gasteiger partial charge is 0.408 e. The summed E-state index contributed by atoms with van der Waals surface area (Å²) in [5.74, 6) is -0.293. The van der Waals surface area contributed by atoms with Crippen molar-refractivity contribution in [3.8, 4) is 5.75 Å². The van der Waals surface area contributed by atoms with Crippen LogP contribution >= 0.6 is 0 Å². The summed E-state index contributed by atoms with van der Waals surface area (Å²) in [5.41, 5.74) is 3.34. The number of carbonyl (C=O) groups is 2. The number of alkyl carbamates (subject to hydrolysis) is 1. The second-order valence-electron chi connectivity index (χ2n) is 8.59. The Morgan fingerprint density at radius 1 is 1.06 bits per heavy atom. The van der Waals surface area contributed by atoms with Crippen LogP contribution in [0.2, 0.25) is 0 Å². The van der Waals surface area contributed by atoms with E-state index in [0.29, 0.717) is 29.7 Å². The number of benzene rings is 2. The Morgan fingerprint density at radius 2 is 1.79 bits per heavy atom. The van der Waals surface area contributed by atoms with E-state index in [2.05, 4.69) is 5.32 Å². The first-order chi connectivity index (χ1) is 16.5. The topological polar surface area (TPSA) is 94.8 Å². The third-order valence-electron chi connectivity index (χ3n) is 6.17. The Kier molecular flexibility index (Phi) is 7.30. The Morgan fingerprint density at radius 3 is 2.53 bits per heavy atom. The predicted octanol–water partition coefficient (Wildman–Crippen LogP) is 4.98. The van der Waals surface area contributed by atoms with Crippen LogP contribution in [0.15, 0.2) is 51.7 Å². The van der Waals surface area contributed by atoms with Gasteiger partial charge in [0.2, 0.25) is 0 Å². The number of rotatable bonds is 7.